The lowest BCUT2D eigenvalue weighted by Crippen LogP contribution is -2.35. The van der Waals surface area contributed by atoms with E-state index in [1.165, 1.54) is 25.7 Å². The van der Waals surface area contributed by atoms with Crippen molar-refractivity contribution in [2.45, 2.75) is 38.6 Å². The van der Waals surface area contributed by atoms with Gasteiger partial charge in [-0.1, -0.05) is 6.92 Å². The highest BCUT2D eigenvalue weighted by atomic mass is 16.5. The van der Waals surface area contributed by atoms with Gasteiger partial charge in [0.25, 0.3) is 0 Å². The molecule has 0 bridgehead atoms. The molecule has 0 atom stereocenters. The highest BCUT2D eigenvalue weighted by Gasteiger charge is 2.16. The minimum atomic E-state index is -0.401. The summed E-state index contributed by atoms with van der Waals surface area (Å²) in [7, 11) is 0. The summed E-state index contributed by atoms with van der Waals surface area (Å²) in [5, 5.41) is 3.44. The van der Waals surface area contributed by atoms with Gasteiger partial charge in [-0.05, 0) is 31.6 Å². The molecule has 0 radical (unpaired) electrons. The van der Waals surface area contributed by atoms with Gasteiger partial charge in [0.2, 0.25) is 5.91 Å². The number of nitrogens with two attached hydrogens (primary N) is 1. The molecule has 88 valence electrons. The van der Waals surface area contributed by atoms with Crippen molar-refractivity contribution < 1.29 is 9.53 Å². The molecule has 1 aliphatic carbocycles. The summed E-state index contributed by atoms with van der Waals surface area (Å²) in [6, 6.07) is 0.637. The first-order chi connectivity index (χ1) is 7.18. The summed E-state index contributed by atoms with van der Waals surface area (Å²) >= 11 is 0. The third-order valence-electron chi connectivity index (χ3n) is 2.94. The molecule has 0 aromatic heterocycles. The van der Waals surface area contributed by atoms with E-state index < -0.39 is 5.91 Å². The Labute approximate surface area is 91.5 Å². The predicted molar refractivity (Wildman–Crippen MR) is 59.4 cm³/mol. The van der Waals surface area contributed by atoms with Crippen LogP contribution in [0.3, 0.4) is 0 Å². The molecule has 1 amide bonds. The van der Waals surface area contributed by atoms with Crippen molar-refractivity contribution >= 4 is 5.91 Å². The molecule has 15 heavy (non-hydrogen) atoms. The fraction of sp³-hybridized carbons (Fsp3) is 0.909. The van der Waals surface area contributed by atoms with Crippen LogP contribution < -0.4 is 11.1 Å². The second-order valence-electron chi connectivity index (χ2n) is 4.43. The summed E-state index contributed by atoms with van der Waals surface area (Å²) in [5.41, 5.74) is 4.95. The smallest absolute Gasteiger partial charge is 0.243 e. The normalized spacial score (nSPS) is 26.5. The quantitative estimate of drug-likeness (QED) is 0.638. The number of carbonyl (C=O) groups excluding carboxylic acids is 1. The molecule has 1 saturated carbocycles. The lowest BCUT2D eigenvalue weighted by Gasteiger charge is -2.26. The minimum absolute atomic E-state index is 0.0311. The predicted octanol–water partition coefficient (Wildman–Crippen LogP) is 0.657. The van der Waals surface area contributed by atoms with Gasteiger partial charge < -0.3 is 15.8 Å². The van der Waals surface area contributed by atoms with Crippen LogP contribution >= 0.6 is 0 Å². The Bertz CT molecular complexity index is 189. The molecule has 1 fully saturated rings. The average Bonchev–Trinajstić information content (AvgIpc) is 2.20. The summed E-state index contributed by atoms with van der Waals surface area (Å²) in [6.07, 6.45) is 5.16. The van der Waals surface area contributed by atoms with Crippen molar-refractivity contribution in [3.05, 3.63) is 0 Å². The molecule has 0 unspecified atom stereocenters. The number of carbonyl (C=O) groups is 1. The Hall–Kier alpha value is -0.610. The van der Waals surface area contributed by atoms with Crippen LogP contribution in [0.5, 0.6) is 0 Å². The summed E-state index contributed by atoms with van der Waals surface area (Å²) in [4.78, 5) is 10.4. The number of amides is 1. The summed E-state index contributed by atoms with van der Waals surface area (Å²) in [6.45, 7) is 3.72. The van der Waals surface area contributed by atoms with E-state index in [9.17, 15) is 4.79 Å². The summed E-state index contributed by atoms with van der Waals surface area (Å²) < 4.78 is 5.07. The van der Waals surface area contributed by atoms with Gasteiger partial charge in [0.05, 0.1) is 6.61 Å². The second kappa shape index (κ2) is 6.80. The number of ether oxygens (including phenoxy) is 1. The largest absolute Gasteiger partial charge is 0.370 e. The number of hydrogen-bond donors (Lipinski definition) is 2. The average molecular weight is 214 g/mol. The van der Waals surface area contributed by atoms with Gasteiger partial charge in [-0.15, -0.1) is 0 Å². The van der Waals surface area contributed by atoms with Crippen LogP contribution in [0.2, 0.25) is 0 Å². The van der Waals surface area contributed by atoms with E-state index in [2.05, 4.69) is 12.2 Å². The number of nitrogens with one attached hydrogen (secondary N) is 1. The molecule has 3 N–H and O–H groups in total. The monoisotopic (exact) mass is 214 g/mol. The molecule has 0 saturated heterocycles. The molecular formula is C11H22N2O2. The molecule has 1 rings (SSSR count). The van der Waals surface area contributed by atoms with Gasteiger partial charge in [-0.25, -0.2) is 0 Å². The van der Waals surface area contributed by atoms with Crippen LogP contribution in [0.25, 0.3) is 0 Å². The minimum Gasteiger partial charge on any atom is -0.370 e. The molecule has 0 heterocycles. The van der Waals surface area contributed by atoms with Crippen molar-refractivity contribution in [2.24, 2.45) is 11.7 Å². The summed E-state index contributed by atoms with van der Waals surface area (Å²) in [5.74, 6) is 0.482. The fourth-order valence-electron chi connectivity index (χ4n) is 1.97. The van der Waals surface area contributed by atoms with Crippen molar-refractivity contribution in [3.63, 3.8) is 0 Å². The Morgan fingerprint density at radius 3 is 2.67 bits per heavy atom. The van der Waals surface area contributed by atoms with E-state index in [-0.39, 0.29) is 6.61 Å². The zero-order chi connectivity index (χ0) is 11.1. The Morgan fingerprint density at radius 1 is 1.40 bits per heavy atom. The fourth-order valence-corrected chi connectivity index (χ4v) is 1.97. The maximum atomic E-state index is 10.4. The van der Waals surface area contributed by atoms with Gasteiger partial charge in [-0.2, -0.15) is 0 Å². The maximum absolute atomic E-state index is 10.4. The molecule has 4 heteroatoms. The van der Waals surface area contributed by atoms with Crippen LogP contribution in [0.15, 0.2) is 0 Å². The van der Waals surface area contributed by atoms with Crippen LogP contribution in [0.1, 0.15) is 32.6 Å². The Morgan fingerprint density at radius 2 is 2.07 bits per heavy atom. The van der Waals surface area contributed by atoms with Crippen molar-refractivity contribution in [3.8, 4) is 0 Å². The molecule has 4 nitrogen and oxygen atoms in total. The highest BCUT2D eigenvalue weighted by molar-refractivity contribution is 5.74. The maximum Gasteiger partial charge on any atom is 0.243 e. The van der Waals surface area contributed by atoms with E-state index in [0.717, 1.165) is 12.5 Å². The van der Waals surface area contributed by atoms with Gasteiger partial charge in [0.15, 0.2) is 0 Å². The van der Waals surface area contributed by atoms with E-state index in [0.29, 0.717) is 12.6 Å². The topological polar surface area (TPSA) is 64.3 Å². The number of hydrogen-bond acceptors (Lipinski definition) is 3. The molecular weight excluding hydrogens is 192 g/mol. The van der Waals surface area contributed by atoms with Crippen molar-refractivity contribution in [1.82, 2.24) is 5.32 Å². The zero-order valence-corrected chi connectivity index (χ0v) is 9.50. The first-order valence-electron chi connectivity index (χ1n) is 5.78. The highest BCUT2D eigenvalue weighted by Crippen LogP contribution is 2.23. The van der Waals surface area contributed by atoms with Crippen LogP contribution in [0, 0.1) is 5.92 Å². The number of primary amides is 1. The molecule has 0 aromatic rings. The third kappa shape index (κ3) is 5.74. The van der Waals surface area contributed by atoms with Gasteiger partial charge >= 0.3 is 0 Å². The van der Waals surface area contributed by atoms with Crippen molar-refractivity contribution in [1.29, 1.82) is 0 Å². The second-order valence-corrected chi connectivity index (χ2v) is 4.43. The van der Waals surface area contributed by atoms with E-state index in [1.54, 1.807) is 0 Å². The third-order valence-corrected chi connectivity index (χ3v) is 2.94. The van der Waals surface area contributed by atoms with Crippen LogP contribution in [-0.2, 0) is 9.53 Å². The molecule has 0 aliphatic heterocycles. The van der Waals surface area contributed by atoms with Crippen LogP contribution in [0.4, 0.5) is 0 Å². The van der Waals surface area contributed by atoms with Crippen molar-refractivity contribution in [2.75, 3.05) is 19.8 Å². The zero-order valence-electron chi connectivity index (χ0n) is 9.50. The van der Waals surface area contributed by atoms with Gasteiger partial charge in [0, 0.05) is 12.6 Å². The standard InChI is InChI=1S/C11H22N2O2/c1-9-2-4-10(5-3-9)13-6-7-15-8-11(12)14/h9-10,13H,2-8H2,1H3,(H2,12,14). The first kappa shape index (κ1) is 12.5. The Kier molecular flexibility index (Phi) is 5.65. The Balaban J connectivity index is 1.94. The molecule has 0 spiro atoms. The van der Waals surface area contributed by atoms with E-state index in [1.807, 2.05) is 0 Å². The van der Waals surface area contributed by atoms with Crippen LogP contribution in [-0.4, -0.2) is 31.7 Å². The SMILES string of the molecule is CC1CCC(NCCOCC(N)=O)CC1. The lowest BCUT2D eigenvalue weighted by molar-refractivity contribution is -0.122. The molecule has 0 aromatic carbocycles. The van der Waals surface area contributed by atoms with Gasteiger partial charge in [0.1, 0.15) is 6.61 Å². The number of rotatable bonds is 6. The van der Waals surface area contributed by atoms with E-state index in [4.69, 9.17) is 10.5 Å². The van der Waals surface area contributed by atoms with E-state index >= 15 is 0 Å². The lowest BCUT2D eigenvalue weighted by atomic mass is 9.87. The first-order valence-corrected chi connectivity index (χ1v) is 5.78. The molecule has 1 aliphatic rings. The van der Waals surface area contributed by atoms with Gasteiger partial charge in [-0.3, -0.25) is 4.79 Å².